The number of rotatable bonds is 3. The first-order valence-corrected chi connectivity index (χ1v) is 4.85. The number of carbonyl (C=O) groups excluding carboxylic acids is 2. The Kier molecular flexibility index (Phi) is 2.37. The van der Waals surface area contributed by atoms with Gasteiger partial charge in [0.25, 0.3) is 0 Å². The largest absolute Gasteiger partial charge is 0.338 e. The summed E-state index contributed by atoms with van der Waals surface area (Å²) in [6.45, 7) is 2.64. The predicted octanol–water partition coefficient (Wildman–Crippen LogP) is 2.29. The molecule has 0 spiro atoms. The fourth-order valence-corrected chi connectivity index (χ4v) is 1.94. The number of benzene rings is 1. The molecule has 2 rings (SSSR count). The van der Waals surface area contributed by atoms with Crippen LogP contribution in [-0.4, -0.2) is 17.1 Å². The summed E-state index contributed by atoms with van der Waals surface area (Å²) in [5.41, 5.74) is 1.89. The van der Waals surface area contributed by atoms with Crippen LogP contribution in [0.1, 0.15) is 27.8 Å². The van der Waals surface area contributed by atoms with Gasteiger partial charge in [-0.2, -0.15) is 0 Å². The third kappa shape index (κ3) is 1.28. The SMILES string of the molecule is CCn1c(C=O)c(C=O)c2ccccc21. The van der Waals surface area contributed by atoms with Gasteiger partial charge in [-0.3, -0.25) is 9.59 Å². The van der Waals surface area contributed by atoms with Gasteiger partial charge < -0.3 is 4.57 Å². The number of aryl methyl sites for hydroxylation is 1. The molecule has 0 aliphatic rings. The van der Waals surface area contributed by atoms with Crippen molar-refractivity contribution in [3.63, 3.8) is 0 Å². The van der Waals surface area contributed by atoms with Crippen LogP contribution in [0.3, 0.4) is 0 Å². The predicted molar refractivity (Wildman–Crippen MR) is 58.4 cm³/mol. The van der Waals surface area contributed by atoms with Crippen molar-refractivity contribution in [3.8, 4) is 0 Å². The van der Waals surface area contributed by atoms with Gasteiger partial charge in [-0.05, 0) is 13.0 Å². The van der Waals surface area contributed by atoms with E-state index in [0.717, 1.165) is 23.5 Å². The van der Waals surface area contributed by atoms with E-state index in [1.807, 2.05) is 35.8 Å². The van der Waals surface area contributed by atoms with Crippen molar-refractivity contribution >= 4 is 23.5 Å². The van der Waals surface area contributed by atoms with Crippen molar-refractivity contribution in [3.05, 3.63) is 35.5 Å². The Morgan fingerprint density at radius 2 is 1.93 bits per heavy atom. The molecule has 0 saturated heterocycles. The molecule has 1 aromatic carbocycles. The first kappa shape index (κ1) is 9.65. The zero-order valence-corrected chi connectivity index (χ0v) is 8.43. The van der Waals surface area contributed by atoms with Crippen molar-refractivity contribution in [2.24, 2.45) is 0 Å². The fourth-order valence-electron chi connectivity index (χ4n) is 1.94. The van der Waals surface area contributed by atoms with Crippen molar-refractivity contribution in [1.82, 2.24) is 4.57 Å². The molecular formula is C12H11NO2. The monoisotopic (exact) mass is 201 g/mol. The average Bonchev–Trinajstić information content (AvgIpc) is 2.61. The summed E-state index contributed by atoms with van der Waals surface area (Å²) in [7, 11) is 0. The summed E-state index contributed by atoms with van der Waals surface area (Å²) in [6, 6.07) is 7.54. The van der Waals surface area contributed by atoms with Crippen LogP contribution in [0.25, 0.3) is 10.9 Å². The Morgan fingerprint density at radius 1 is 1.20 bits per heavy atom. The maximum atomic E-state index is 11.0. The maximum absolute atomic E-state index is 11.0. The molecule has 0 fully saturated rings. The maximum Gasteiger partial charge on any atom is 0.167 e. The number of aldehydes is 2. The fraction of sp³-hybridized carbons (Fsp3) is 0.167. The normalized spacial score (nSPS) is 10.5. The second-order valence-electron chi connectivity index (χ2n) is 3.30. The Bertz CT molecular complexity index is 526. The average molecular weight is 201 g/mol. The highest BCUT2D eigenvalue weighted by molar-refractivity contribution is 6.05. The topological polar surface area (TPSA) is 39.1 Å². The van der Waals surface area contributed by atoms with Crippen LogP contribution in [0.15, 0.2) is 24.3 Å². The van der Waals surface area contributed by atoms with Gasteiger partial charge in [-0.25, -0.2) is 0 Å². The van der Waals surface area contributed by atoms with Crippen LogP contribution in [0, 0.1) is 0 Å². The van der Waals surface area contributed by atoms with E-state index in [4.69, 9.17) is 0 Å². The quantitative estimate of drug-likeness (QED) is 0.714. The third-order valence-electron chi connectivity index (χ3n) is 2.60. The van der Waals surface area contributed by atoms with Crippen molar-refractivity contribution in [1.29, 1.82) is 0 Å². The number of nitrogens with zero attached hydrogens (tertiary/aromatic N) is 1. The zero-order valence-electron chi connectivity index (χ0n) is 8.43. The van der Waals surface area contributed by atoms with E-state index in [9.17, 15) is 9.59 Å². The summed E-state index contributed by atoms with van der Waals surface area (Å²) >= 11 is 0. The first-order valence-electron chi connectivity index (χ1n) is 4.85. The second kappa shape index (κ2) is 3.69. The molecule has 0 radical (unpaired) electrons. The molecule has 3 nitrogen and oxygen atoms in total. The Hall–Kier alpha value is -1.90. The Balaban J connectivity index is 2.94. The van der Waals surface area contributed by atoms with Crippen LogP contribution >= 0.6 is 0 Å². The van der Waals surface area contributed by atoms with Crippen LogP contribution < -0.4 is 0 Å². The molecule has 76 valence electrons. The molecule has 1 heterocycles. The van der Waals surface area contributed by atoms with E-state index >= 15 is 0 Å². The van der Waals surface area contributed by atoms with Crippen LogP contribution in [0.4, 0.5) is 0 Å². The second-order valence-corrected chi connectivity index (χ2v) is 3.30. The molecule has 3 heteroatoms. The third-order valence-corrected chi connectivity index (χ3v) is 2.60. The molecule has 0 saturated carbocycles. The van der Waals surface area contributed by atoms with Gasteiger partial charge in [-0.1, -0.05) is 18.2 Å². The van der Waals surface area contributed by atoms with Gasteiger partial charge in [0.15, 0.2) is 12.6 Å². The van der Waals surface area contributed by atoms with Gasteiger partial charge in [0.05, 0.1) is 11.3 Å². The molecular weight excluding hydrogens is 190 g/mol. The molecule has 0 bridgehead atoms. The van der Waals surface area contributed by atoms with E-state index in [0.29, 0.717) is 17.8 Å². The molecule has 15 heavy (non-hydrogen) atoms. The minimum Gasteiger partial charge on any atom is -0.338 e. The summed E-state index contributed by atoms with van der Waals surface area (Å²) in [4.78, 5) is 21.9. The molecule has 0 N–H and O–H groups in total. The lowest BCUT2D eigenvalue weighted by molar-refractivity contribution is 0.109. The summed E-state index contributed by atoms with van der Waals surface area (Å²) in [5.74, 6) is 0. The molecule has 2 aromatic rings. The van der Waals surface area contributed by atoms with E-state index < -0.39 is 0 Å². The smallest absolute Gasteiger partial charge is 0.167 e. The van der Waals surface area contributed by atoms with Crippen molar-refractivity contribution in [2.45, 2.75) is 13.5 Å². The lowest BCUT2D eigenvalue weighted by Gasteiger charge is -2.01. The molecule has 0 amide bonds. The van der Waals surface area contributed by atoms with Crippen LogP contribution in [0.2, 0.25) is 0 Å². The Labute approximate surface area is 87.3 Å². The Morgan fingerprint density at radius 3 is 2.53 bits per heavy atom. The summed E-state index contributed by atoms with van der Waals surface area (Å²) in [6.07, 6.45) is 1.49. The first-order chi connectivity index (χ1) is 7.33. The minimum atomic E-state index is 0.466. The zero-order chi connectivity index (χ0) is 10.8. The van der Waals surface area contributed by atoms with Crippen molar-refractivity contribution < 1.29 is 9.59 Å². The number of carbonyl (C=O) groups is 2. The van der Waals surface area contributed by atoms with Crippen LogP contribution in [-0.2, 0) is 6.54 Å². The number of aromatic nitrogens is 1. The number of para-hydroxylation sites is 1. The lowest BCUT2D eigenvalue weighted by Crippen LogP contribution is -2.00. The summed E-state index contributed by atoms with van der Waals surface area (Å²) in [5, 5.41) is 0.844. The number of hydrogen-bond donors (Lipinski definition) is 0. The molecule has 1 aromatic heterocycles. The number of hydrogen-bond acceptors (Lipinski definition) is 2. The van der Waals surface area contributed by atoms with Crippen molar-refractivity contribution in [2.75, 3.05) is 0 Å². The van der Waals surface area contributed by atoms with E-state index in [1.54, 1.807) is 0 Å². The minimum absolute atomic E-state index is 0.466. The standard InChI is InChI=1S/C12H11NO2/c1-2-13-11-6-4-3-5-9(11)10(7-14)12(13)8-15/h3-8H,2H2,1H3. The highest BCUT2D eigenvalue weighted by Crippen LogP contribution is 2.23. The van der Waals surface area contributed by atoms with Crippen LogP contribution in [0.5, 0.6) is 0 Å². The van der Waals surface area contributed by atoms with Gasteiger partial charge >= 0.3 is 0 Å². The van der Waals surface area contributed by atoms with Gasteiger partial charge in [0.2, 0.25) is 0 Å². The molecule has 0 aliphatic heterocycles. The molecule has 0 atom stereocenters. The molecule has 0 unspecified atom stereocenters. The van der Waals surface area contributed by atoms with E-state index in [-0.39, 0.29) is 0 Å². The summed E-state index contributed by atoms with van der Waals surface area (Å²) < 4.78 is 1.85. The van der Waals surface area contributed by atoms with E-state index in [2.05, 4.69) is 0 Å². The lowest BCUT2D eigenvalue weighted by atomic mass is 10.1. The highest BCUT2D eigenvalue weighted by Gasteiger charge is 2.13. The van der Waals surface area contributed by atoms with Gasteiger partial charge in [0.1, 0.15) is 0 Å². The van der Waals surface area contributed by atoms with E-state index in [1.165, 1.54) is 0 Å². The number of fused-ring (bicyclic) bond motifs is 1. The van der Waals surface area contributed by atoms with Gasteiger partial charge in [-0.15, -0.1) is 0 Å². The molecule has 0 aliphatic carbocycles. The highest BCUT2D eigenvalue weighted by atomic mass is 16.1. The van der Waals surface area contributed by atoms with Gasteiger partial charge in [0, 0.05) is 17.4 Å².